The van der Waals surface area contributed by atoms with Gasteiger partial charge in [0, 0.05) is 56.8 Å². The van der Waals surface area contributed by atoms with Crippen LogP contribution >= 0.6 is 0 Å². The van der Waals surface area contributed by atoms with E-state index in [0.717, 1.165) is 28.9 Å². The Kier molecular flexibility index (Phi) is 4.25. The van der Waals surface area contributed by atoms with E-state index in [9.17, 15) is 14.4 Å². The smallest absolute Gasteiger partial charge is 0.329 e. The number of hydrogen-bond acceptors (Lipinski definition) is 4. The van der Waals surface area contributed by atoms with Crippen LogP contribution in [0.1, 0.15) is 5.56 Å². The molecule has 1 aromatic heterocycles. The topological polar surface area (TPSA) is 90.4 Å². The molecule has 1 aromatic carbocycles. The lowest BCUT2D eigenvalue weighted by Crippen LogP contribution is -2.38. The van der Waals surface area contributed by atoms with Crippen LogP contribution < -0.4 is 21.5 Å². The molecule has 0 spiro atoms. The predicted octanol–water partition coefficient (Wildman–Crippen LogP) is 0.982. The van der Waals surface area contributed by atoms with Crippen molar-refractivity contribution < 1.29 is 4.79 Å². The zero-order chi connectivity index (χ0) is 19.1. The molecular formula is C19H23N5O3. The second-order valence-corrected chi connectivity index (χ2v) is 7.43. The van der Waals surface area contributed by atoms with Gasteiger partial charge in [0.1, 0.15) is 5.82 Å². The van der Waals surface area contributed by atoms with Gasteiger partial charge in [0.25, 0.3) is 5.56 Å². The number of anilines is 2. The molecule has 3 heterocycles. The van der Waals surface area contributed by atoms with Crippen molar-refractivity contribution in [2.24, 2.45) is 18.9 Å². The normalized spacial score (nSPS) is 21.4. The van der Waals surface area contributed by atoms with Crippen molar-refractivity contribution in [3.8, 4) is 0 Å². The molecule has 2 aliphatic heterocycles. The summed E-state index contributed by atoms with van der Waals surface area (Å²) >= 11 is 0. The van der Waals surface area contributed by atoms with Crippen molar-refractivity contribution >= 4 is 17.5 Å². The van der Waals surface area contributed by atoms with Crippen molar-refractivity contribution in [1.29, 1.82) is 0 Å². The fourth-order valence-electron chi connectivity index (χ4n) is 3.98. The van der Waals surface area contributed by atoms with E-state index in [1.54, 1.807) is 0 Å². The van der Waals surface area contributed by atoms with Gasteiger partial charge in [-0.05, 0) is 18.6 Å². The van der Waals surface area contributed by atoms with Crippen molar-refractivity contribution in [2.75, 3.05) is 36.4 Å². The van der Waals surface area contributed by atoms with E-state index in [2.05, 4.69) is 10.3 Å². The van der Waals surface area contributed by atoms with Crippen LogP contribution in [0.2, 0.25) is 0 Å². The summed E-state index contributed by atoms with van der Waals surface area (Å²) in [5, 5.41) is 2.99. The van der Waals surface area contributed by atoms with Crippen LogP contribution in [0.5, 0.6) is 0 Å². The Morgan fingerprint density at radius 3 is 2.41 bits per heavy atom. The number of urea groups is 1. The average molecular weight is 369 g/mol. The molecule has 0 aliphatic carbocycles. The largest absolute Gasteiger partial charge is 0.357 e. The summed E-state index contributed by atoms with van der Waals surface area (Å²) in [6.07, 6.45) is 0. The number of carbonyl (C=O) groups is 1. The Bertz CT molecular complexity index is 950. The number of hydrogen-bond donors (Lipinski definition) is 2. The molecule has 2 N–H and O–H groups in total. The number of fused-ring (bicyclic) bond motifs is 1. The minimum Gasteiger partial charge on any atom is -0.357 e. The summed E-state index contributed by atoms with van der Waals surface area (Å²) < 4.78 is 1.05. The van der Waals surface area contributed by atoms with Gasteiger partial charge < -0.3 is 15.1 Å². The van der Waals surface area contributed by atoms with Crippen LogP contribution in [-0.2, 0) is 7.05 Å². The summed E-state index contributed by atoms with van der Waals surface area (Å²) in [4.78, 5) is 42.9. The molecule has 27 heavy (non-hydrogen) atoms. The highest BCUT2D eigenvalue weighted by atomic mass is 16.2. The van der Waals surface area contributed by atoms with E-state index < -0.39 is 5.69 Å². The summed E-state index contributed by atoms with van der Waals surface area (Å²) in [5.41, 5.74) is 1.14. The molecule has 2 fully saturated rings. The first kappa shape index (κ1) is 17.4. The minimum absolute atomic E-state index is 0.0766. The van der Waals surface area contributed by atoms with Gasteiger partial charge in [0.15, 0.2) is 0 Å². The summed E-state index contributed by atoms with van der Waals surface area (Å²) in [6, 6.07) is 9.11. The van der Waals surface area contributed by atoms with Gasteiger partial charge in [-0.3, -0.25) is 14.3 Å². The highest BCUT2D eigenvalue weighted by Gasteiger charge is 2.42. The third-order valence-electron chi connectivity index (χ3n) is 5.63. The second-order valence-electron chi connectivity index (χ2n) is 7.43. The van der Waals surface area contributed by atoms with E-state index in [4.69, 9.17) is 0 Å². The third-order valence-corrected chi connectivity index (χ3v) is 5.63. The first-order valence-corrected chi connectivity index (χ1v) is 9.09. The SMILES string of the molecule is Cc1ccccc1NC(=O)N1CC2CN(c3cc(=O)n(C)c(=O)[nH]3)CC2C1. The van der Waals surface area contributed by atoms with Crippen LogP contribution in [-0.4, -0.2) is 46.7 Å². The number of rotatable bonds is 2. The monoisotopic (exact) mass is 369 g/mol. The second kappa shape index (κ2) is 6.61. The van der Waals surface area contributed by atoms with Gasteiger partial charge in [-0.2, -0.15) is 0 Å². The molecule has 2 aromatic rings. The number of nitrogens with zero attached hydrogens (tertiary/aromatic N) is 3. The van der Waals surface area contributed by atoms with E-state index in [0.29, 0.717) is 30.7 Å². The van der Waals surface area contributed by atoms with Crippen LogP contribution in [0.3, 0.4) is 0 Å². The van der Waals surface area contributed by atoms with Crippen molar-refractivity contribution in [3.63, 3.8) is 0 Å². The molecule has 2 unspecified atom stereocenters. The molecule has 0 saturated carbocycles. The predicted molar refractivity (Wildman–Crippen MR) is 103 cm³/mol. The number of amides is 2. The maximum absolute atomic E-state index is 12.6. The number of likely N-dealkylation sites (tertiary alicyclic amines) is 1. The Balaban J connectivity index is 1.41. The Morgan fingerprint density at radius 2 is 1.78 bits per heavy atom. The third kappa shape index (κ3) is 3.22. The van der Waals surface area contributed by atoms with Gasteiger partial charge in [-0.25, -0.2) is 9.59 Å². The van der Waals surface area contributed by atoms with Crippen LogP contribution in [0.15, 0.2) is 39.9 Å². The first-order chi connectivity index (χ1) is 12.9. The lowest BCUT2D eigenvalue weighted by atomic mass is 10.0. The van der Waals surface area contributed by atoms with Gasteiger partial charge in [-0.1, -0.05) is 18.2 Å². The molecule has 0 bridgehead atoms. The summed E-state index contributed by atoms with van der Waals surface area (Å²) in [6.45, 7) is 4.77. The van der Waals surface area contributed by atoms with Gasteiger partial charge in [0.05, 0.1) is 0 Å². The maximum Gasteiger partial charge on any atom is 0.329 e. The standard InChI is InChI=1S/C19H23N5O3/c1-12-5-3-4-6-15(12)20-19(27)24-10-13-8-23(9-14(13)11-24)16-7-17(25)22(2)18(26)21-16/h3-7,13-14H,8-11H2,1-2H3,(H,20,27)(H,21,26). The van der Waals surface area contributed by atoms with E-state index in [1.165, 1.54) is 13.1 Å². The van der Waals surface area contributed by atoms with Crippen LogP contribution in [0.25, 0.3) is 0 Å². The zero-order valence-electron chi connectivity index (χ0n) is 15.4. The lowest BCUT2D eigenvalue weighted by molar-refractivity contribution is 0.219. The fraction of sp³-hybridized carbons (Fsp3) is 0.421. The fourth-order valence-corrected chi connectivity index (χ4v) is 3.98. The molecule has 2 aliphatic rings. The number of aryl methyl sites for hydroxylation is 1. The number of nitrogens with one attached hydrogen (secondary N) is 2. The van der Waals surface area contributed by atoms with E-state index in [-0.39, 0.29) is 11.6 Å². The molecular weight excluding hydrogens is 346 g/mol. The number of H-pyrrole nitrogens is 1. The Hall–Kier alpha value is -3.03. The highest BCUT2D eigenvalue weighted by Crippen LogP contribution is 2.33. The van der Waals surface area contributed by atoms with E-state index in [1.807, 2.05) is 41.0 Å². The summed E-state index contributed by atoms with van der Waals surface area (Å²) in [7, 11) is 1.45. The highest BCUT2D eigenvalue weighted by molar-refractivity contribution is 5.90. The Morgan fingerprint density at radius 1 is 1.11 bits per heavy atom. The average Bonchev–Trinajstić information content (AvgIpc) is 3.20. The molecule has 8 nitrogen and oxygen atoms in total. The van der Waals surface area contributed by atoms with Gasteiger partial charge >= 0.3 is 11.7 Å². The van der Waals surface area contributed by atoms with Crippen molar-refractivity contribution in [3.05, 3.63) is 56.7 Å². The van der Waals surface area contributed by atoms with Gasteiger partial charge in [0.2, 0.25) is 0 Å². The molecule has 8 heteroatoms. The van der Waals surface area contributed by atoms with Gasteiger partial charge in [-0.15, -0.1) is 0 Å². The molecule has 4 rings (SSSR count). The zero-order valence-corrected chi connectivity index (χ0v) is 15.4. The molecule has 2 atom stereocenters. The first-order valence-electron chi connectivity index (χ1n) is 9.09. The number of carbonyl (C=O) groups excluding carboxylic acids is 1. The number of benzene rings is 1. The quantitative estimate of drug-likeness (QED) is 0.826. The van der Waals surface area contributed by atoms with Crippen molar-refractivity contribution in [2.45, 2.75) is 6.92 Å². The Labute approximate surface area is 156 Å². The van der Waals surface area contributed by atoms with Crippen molar-refractivity contribution in [1.82, 2.24) is 14.5 Å². The van der Waals surface area contributed by atoms with Crippen LogP contribution in [0.4, 0.5) is 16.3 Å². The molecule has 2 saturated heterocycles. The number of aromatic nitrogens is 2. The van der Waals surface area contributed by atoms with E-state index >= 15 is 0 Å². The number of para-hydroxylation sites is 1. The van der Waals surface area contributed by atoms with Crippen LogP contribution in [0, 0.1) is 18.8 Å². The molecule has 0 radical (unpaired) electrons. The molecule has 2 amide bonds. The molecule has 142 valence electrons. The minimum atomic E-state index is -0.409. The maximum atomic E-state index is 12.6. The number of aromatic amines is 1. The summed E-state index contributed by atoms with van der Waals surface area (Å²) in [5.74, 6) is 1.23. The lowest BCUT2D eigenvalue weighted by Gasteiger charge is -2.23.